The highest BCUT2D eigenvalue weighted by atomic mass is 32.2. The van der Waals surface area contributed by atoms with Gasteiger partial charge in [-0.05, 0) is 37.0 Å². The van der Waals surface area contributed by atoms with Crippen molar-refractivity contribution in [2.45, 2.75) is 42.8 Å². The van der Waals surface area contributed by atoms with E-state index in [0.29, 0.717) is 10.8 Å². The molecule has 0 radical (unpaired) electrons. The number of aromatic carboxylic acids is 1. The summed E-state index contributed by atoms with van der Waals surface area (Å²) < 4.78 is 5.19. The summed E-state index contributed by atoms with van der Waals surface area (Å²) in [7, 11) is 1.60. The molecular weight excluding hydrogens is 260 g/mol. The van der Waals surface area contributed by atoms with E-state index in [2.05, 4.69) is 6.92 Å². The van der Waals surface area contributed by atoms with Crippen molar-refractivity contribution < 1.29 is 14.6 Å². The average Bonchev–Trinajstić information content (AvgIpc) is 2.38. The van der Waals surface area contributed by atoms with Gasteiger partial charge in [-0.3, -0.25) is 0 Å². The van der Waals surface area contributed by atoms with Crippen LogP contribution in [0.25, 0.3) is 0 Å². The molecule has 2 atom stereocenters. The number of carboxylic acids is 1. The second-order valence-electron chi connectivity index (χ2n) is 5.18. The Kier molecular flexibility index (Phi) is 4.75. The number of carboxylic acid groups (broad SMARTS) is 1. The molecule has 0 saturated heterocycles. The van der Waals surface area contributed by atoms with Gasteiger partial charge < -0.3 is 9.84 Å². The second kappa shape index (κ2) is 6.33. The molecule has 1 aliphatic rings. The van der Waals surface area contributed by atoms with Gasteiger partial charge in [-0.15, -0.1) is 11.8 Å². The third-order valence-corrected chi connectivity index (χ3v) is 4.95. The number of methoxy groups -OCH3 is 1. The SMILES string of the molecule is COc1ccc(C(=O)O)c(SC2CCCC(C)C2)c1. The Labute approximate surface area is 118 Å². The Hall–Kier alpha value is -1.16. The van der Waals surface area contributed by atoms with E-state index in [1.165, 1.54) is 25.7 Å². The number of hydrogen-bond acceptors (Lipinski definition) is 3. The van der Waals surface area contributed by atoms with Crippen LogP contribution in [0.5, 0.6) is 5.75 Å². The maximum absolute atomic E-state index is 11.3. The molecule has 0 aliphatic heterocycles. The molecule has 0 bridgehead atoms. The maximum Gasteiger partial charge on any atom is 0.336 e. The first-order valence-electron chi connectivity index (χ1n) is 6.68. The number of benzene rings is 1. The van der Waals surface area contributed by atoms with Crippen molar-refractivity contribution in [3.05, 3.63) is 23.8 Å². The smallest absolute Gasteiger partial charge is 0.336 e. The van der Waals surface area contributed by atoms with Crippen LogP contribution in [0.15, 0.2) is 23.1 Å². The van der Waals surface area contributed by atoms with Crippen LogP contribution in [0, 0.1) is 5.92 Å². The summed E-state index contributed by atoms with van der Waals surface area (Å²) >= 11 is 1.69. The van der Waals surface area contributed by atoms with Gasteiger partial charge in [0, 0.05) is 10.1 Å². The zero-order valence-corrected chi connectivity index (χ0v) is 12.2. The van der Waals surface area contributed by atoms with E-state index < -0.39 is 5.97 Å². The van der Waals surface area contributed by atoms with Gasteiger partial charge in [-0.1, -0.05) is 19.8 Å². The molecule has 1 N–H and O–H groups in total. The van der Waals surface area contributed by atoms with Crippen molar-refractivity contribution in [1.29, 1.82) is 0 Å². The maximum atomic E-state index is 11.3. The fourth-order valence-corrected chi connectivity index (χ4v) is 4.10. The van der Waals surface area contributed by atoms with Gasteiger partial charge in [0.15, 0.2) is 0 Å². The van der Waals surface area contributed by atoms with Crippen LogP contribution in [0.3, 0.4) is 0 Å². The van der Waals surface area contributed by atoms with Gasteiger partial charge in [0.1, 0.15) is 5.75 Å². The van der Waals surface area contributed by atoms with E-state index in [4.69, 9.17) is 4.74 Å². The van der Waals surface area contributed by atoms with Gasteiger partial charge in [0.05, 0.1) is 12.7 Å². The lowest BCUT2D eigenvalue weighted by molar-refractivity contribution is 0.0693. The third kappa shape index (κ3) is 3.66. The molecule has 3 nitrogen and oxygen atoms in total. The fourth-order valence-electron chi connectivity index (χ4n) is 2.57. The van der Waals surface area contributed by atoms with Crippen LogP contribution in [-0.2, 0) is 0 Å². The van der Waals surface area contributed by atoms with Crippen molar-refractivity contribution in [2.24, 2.45) is 5.92 Å². The van der Waals surface area contributed by atoms with E-state index in [0.717, 1.165) is 16.6 Å². The van der Waals surface area contributed by atoms with Crippen molar-refractivity contribution >= 4 is 17.7 Å². The molecule has 0 aromatic heterocycles. The summed E-state index contributed by atoms with van der Waals surface area (Å²) in [5.41, 5.74) is 0.379. The average molecular weight is 280 g/mol. The van der Waals surface area contributed by atoms with Crippen LogP contribution >= 0.6 is 11.8 Å². The lowest BCUT2D eigenvalue weighted by Crippen LogP contribution is -2.15. The summed E-state index contributed by atoms with van der Waals surface area (Å²) in [6.07, 6.45) is 4.87. The second-order valence-corrected chi connectivity index (χ2v) is 6.52. The Morgan fingerprint density at radius 3 is 2.84 bits per heavy atom. The molecular formula is C15H20O3S. The van der Waals surface area contributed by atoms with Crippen molar-refractivity contribution in [1.82, 2.24) is 0 Å². The predicted molar refractivity (Wildman–Crippen MR) is 77.2 cm³/mol. The Morgan fingerprint density at radius 2 is 2.21 bits per heavy atom. The normalized spacial score (nSPS) is 23.1. The molecule has 0 spiro atoms. The number of carbonyl (C=O) groups is 1. The number of hydrogen-bond donors (Lipinski definition) is 1. The molecule has 2 unspecified atom stereocenters. The van der Waals surface area contributed by atoms with E-state index in [9.17, 15) is 9.90 Å². The van der Waals surface area contributed by atoms with Crippen LogP contribution in [0.4, 0.5) is 0 Å². The van der Waals surface area contributed by atoms with Gasteiger partial charge in [0.2, 0.25) is 0 Å². The molecule has 1 saturated carbocycles. The first-order valence-corrected chi connectivity index (χ1v) is 7.56. The van der Waals surface area contributed by atoms with Crippen LogP contribution in [0.2, 0.25) is 0 Å². The fraction of sp³-hybridized carbons (Fsp3) is 0.533. The lowest BCUT2D eigenvalue weighted by atomic mass is 9.91. The molecule has 1 fully saturated rings. The van der Waals surface area contributed by atoms with Gasteiger partial charge in [-0.2, -0.15) is 0 Å². The topological polar surface area (TPSA) is 46.5 Å². The van der Waals surface area contributed by atoms with Crippen molar-refractivity contribution in [3.63, 3.8) is 0 Å². The standard InChI is InChI=1S/C15H20O3S/c1-10-4-3-5-12(8-10)19-14-9-11(18-2)6-7-13(14)15(16)17/h6-7,9-10,12H,3-5,8H2,1-2H3,(H,16,17). The summed E-state index contributed by atoms with van der Waals surface area (Å²) in [4.78, 5) is 12.1. The summed E-state index contributed by atoms with van der Waals surface area (Å²) in [6, 6.07) is 5.18. The minimum absolute atomic E-state index is 0.379. The van der Waals surface area contributed by atoms with Crippen molar-refractivity contribution in [3.8, 4) is 5.75 Å². The highest BCUT2D eigenvalue weighted by Gasteiger charge is 2.22. The zero-order chi connectivity index (χ0) is 13.8. The Balaban J connectivity index is 2.19. The largest absolute Gasteiger partial charge is 0.497 e. The summed E-state index contributed by atoms with van der Waals surface area (Å²) in [5, 5.41) is 9.78. The Morgan fingerprint density at radius 1 is 1.42 bits per heavy atom. The van der Waals surface area contributed by atoms with Crippen LogP contribution in [-0.4, -0.2) is 23.4 Å². The molecule has 0 amide bonds. The summed E-state index contributed by atoms with van der Waals surface area (Å²) in [6.45, 7) is 2.27. The van der Waals surface area contributed by atoms with Crippen LogP contribution in [0.1, 0.15) is 43.0 Å². The molecule has 4 heteroatoms. The Bertz CT molecular complexity index is 459. The molecule has 1 aromatic carbocycles. The molecule has 1 aliphatic carbocycles. The predicted octanol–water partition coefficient (Wildman–Crippen LogP) is 4.06. The minimum atomic E-state index is -0.867. The first-order chi connectivity index (χ1) is 9.10. The monoisotopic (exact) mass is 280 g/mol. The molecule has 0 heterocycles. The minimum Gasteiger partial charge on any atom is -0.497 e. The highest BCUT2D eigenvalue weighted by molar-refractivity contribution is 8.00. The lowest BCUT2D eigenvalue weighted by Gasteiger charge is -2.26. The quantitative estimate of drug-likeness (QED) is 0.903. The van der Waals surface area contributed by atoms with Crippen molar-refractivity contribution in [2.75, 3.05) is 7.11 Å². The molecule has 1 aromatic rings. The summed E-state index contributed by atoms with van der Waals surface area (Å²) in [5.74, 6) is 0.593. The van der Waals surface area contributed by atoms with E-state index in [1.807, 2.05) is 6.07 Å². The molecule has 19 heavy (non-hydrogen) atoms. The molecule has 2 rings (SSSR count). The number of ether oxygens (including phenoxy) is 1. The van der Waals surface area contributed by atoms with E-state index >= 15 is 0 Å². The highest BCUT2D eigenvalue weighted by Crippen LogP contribution is 2.38. The number of rotatable bonds is 4. The van der Waals surface area contributed by atoms with Crippen LogP contribution < -0.4 is 4.74 Å². The van der Waals surface area contributed by atoms with Gasteiger partial charge in [0.25, 0.3) is 0 Å². The first kappa shape index (κ1) is 14.3. The molecule has 104 valence electrons. The zero-order valence-electron chi connectivity index (χ0n) is 11.4. The number of thioether (sulfide) groups is 1. The van der Waals surface area contributed by atoms with E-state index in [1.54, 1.807) is 31.0 Å². The van der Waals surface area contributed by atoms with Gasteiger partial charge in [-0.25, -0.2) is 4.79 Å². The van der Waals surface area contributed by atoms with E-state index in [-0.39, 0.29) is 0 Å². The third-order valence-electron chi connectivity index (χ3n) is 3.60. The van der Waals surface area contributed by atoms with Gasteiger partial charge >= 0.3 is 5.97 Å².